The number of nitrogens with one attached hydrogen (secondary N) is 2. The zero-order valence-corrected chi connectivity index (χ0v) is 18.0. The number of furan rings is 1. The lowest BCUT2D eigenvalue weighted by atomic mass is 10.1. The third-order valence-corrected chi connectivity index (χ3v) is 5.32. The third-order valence-electron chi connectivity index (χ3n) is 5.32. The Labute approximate surface area is 181 Å². The lowest BCUT2D eigenvalue weighted by Gasteiger charge is -2.16. The molecule has 0 unspecified atom stereocenters. The minimum absolute atomic E-state index is 0.0209. The highest BCUT2D eigenvalue weighted by Gasteiger charge is 2.16. The molecule has 0 aliphatic carbocycles. The molecule has 8 nitrogen and oxygen atoms in total. The number of fused-ring (bicyclic) bond motifs is 1. The van der Waals surface area contributed by atoms with E-state index < -0.39 is 0 Å². The summed E-state index contributed by atoms with van der Waals surface area (Å²) in [5.74, 6) is 1.36. The molecule has 0 aliphatic rings. The lowest BCUT2D eigenvalue weighted by Crippen LogP contribution is -2.24. The van der Waals surface area contributed by atoms with Crippen LogP contribution in [-0.4, -0.2) is 37.3 Å². The predicted molar refractivity (Wildman–Crippen MR) is 121 cm³/mol. The maximum Gasteiger partial charge on any atom is 0.229 e. The topological polar surface area (TPSA) is 101 Å². The third kappa shape index (κ3) is 4.54. The Hall–Kier alpha value is -3.39. The first-order valence-corrected chi connectivity index (χ1v) is 10.6. The van der Waals surface area contributed by atoms with E-state index >= 15 is 0 Å². The Bertz CT molecular complexity index is 1120. The average Bonchev–Trinajstić information content (AvgIpc) is 3.46. The van der Waals surface area contributed by atoms with E-state index in [-0.39, 0.29) is 18.6 Å². The molecule has 1 aromatic carbocycles. The minimum Gasteiger partial charge on any atom is -0.472 e. The number of hydrogen-bond donors (Lipinski definition) is 3. The summed E-state index contributed by atoms with van der Waals surface area (Å²) in [5, 5.41) is 20.7. The van der Waals surface area contributed by atoms with E-state index in [2.05, 4.69) is 63.8 Å². The first-order chi connectivity index (χ1) is 15.1. The van der Waals surface area contributed by atoms with Gasteiger partial charge in [0.2, 0.25) is 11.9 Å². The van der Waals surface area contributed by atoms with Crippen molar-refractivity contribution in [2.24, 2.45) is 0 Å². The molecule has 0 spiro atoms. The fourth-order valence-corrected chi connectivity index (χ4v) is 3.37. The Morgan fingerprint density at radius 2 is 1.90 bits per heavy atom. The maximum absolute atomic E-state index is 9.56. The summed E-state index contributed by atoms with van der Waals surface area (Å²) in [6.07, 6.45) is 6.02. The van der Waals surface area contributed by atoms with E-state index in [4.69, 9.17) is 4.42 Å². The Morgan fingerprint density at radius 1 is 1.10 bits per heavy atom. The van der Waals surface area contributed by atoms with Crippen molar-refractivity contribution in [2.45, 2.75) is 45.7 Å². The highest BCUT2D eigenvalue weighted by Crippen LogP contribution is 2.23. The molecule has 1 atom stereocenters. The molecule has 3 N–H and O–H groups in total. The highest BCUT2D eigenvalue weighted by molar-refractivity contribution is 5.62. The van der Waals surface area contributed by atoms with Crippen LogP contribution in [0.2, 0.25) is 0 Å². The summed E-state index contributed by atoms with van der Waals surface area (Å²) < 4.78 is 6.90. The van der Waals surface area contributed by atoms with E-state index in [1.165, 1.54) is 0 Å². The van der Waals surface area contributed by atoms with Crippen molar-refractivity contribution in [3.63, 3.8) is 0 Å². The summed E-state index contributed by atoms with van der Waals surface area (Å²) in [6.45, 7) is 6.85. The van der Waals surface area contributed by atoms with Crippen LogP contribution >= 0.6 is 0 Å². The summed E-state index contributed by atoms with van der Waals surface area (Å²) in [4.78, 5) is 9.29. The molecule has 0 amide bonds. The zero-order chi connectivity index (χ0) is 21.8. The quantitative estimate of drug-likeness (QED) is 0.371. The Balaban J connectivity index is 1.59. The van der Waals surface area contributed by atoms with Gasteiger partial charge < -0.3 is 20.2 Å². The molecule has 0 saturated carbocycles. The molecule has 8 heteroatoms. The van der Waals surface area contributed by atoms with Gasteiger partial charge in [-0.3, -0.25) is 0 Å². The Kier molecular flexibility index (Phi) is 6.18. The van der Waals surface area contributed by atoms with Gasteiger partial charge in [-0.15, -0.1) is 0 Å². The van der Waals surface area contributed by atoms with Crippen molar-refractivity contribution in [3.8, 4) is 11.1 Å². The van der Waals surface area contributed by atoms with Crippen LogP contribution < -0.4 is 10.6 Å². The van der Waals surface area contributed by atoms with Crippen LogP contribution in [-0.2, 0) is 6.54 Å². The number of aliphatic hydroxyl groups is 1. The van der Waals surface area contributed by atoms with Gasteiger partial charge in [-0.1, -0.05) is 45.0 Å². The van der Waals surface area contributed by atoms with Gasteiger partial charge in [-0.25, -0.2) is 0 Å². The second-order valence-electron chi connectivity index (χ2n) is 7.86. The van der Waals surface area contributed by atoms with Crippen LogP contribution in [0.15, 0.2) is 53.5 Å². The summed E-state index contributed by atoms with van der Waals surface area (Å²) in [5.41, 5.74) is 5.09. The molecule has 0 saturated heterocycles. The summed E-state index contributed by atoms with van der Waals surface area (Å²) >= 11 is 0. The van der Waals surface area contributed by atoms with Gasteiger partial charge in [-0.05, 0) is 29.5 Å². The normalized spacial score (nSPS) is 12.4. The first-order valence-electron chi connectivity index (χ1n) is 10.6. The molecule has 0 fully saturated rings. The predicted octanol–water partition coefficient (Wildman–Crippen LogP) is 4.30. The molecular formula is C23H28N6O2. The number of anilines is 2. The second-order valence-corrected chi connectivity index (χ2v) is 7.86. The summed E-state index contributed by atoms with van der Waals surface area (Å²) in [6, 6.07) is 10.1. The Morgan fingerprint density at radius 3 is 2.55 bits per heavy atom. The van der Waals surface area contributed by atoms with E-state index in [1.54, 1.807) is 17.0 Å². The molecule has 0 bridgehead atoms. The molecule has 4 aromatic rings. The smallest absolute Gasteiger partial charge is 0.229 e. The minimum atomic E-state index is -0.101. The van der Waals surface area contributed by atoms with Crippen LogP contribution in [0.1, 0.15) is 44.2 Å². The second kappa shape index (κ2) is 9.18. The van der Waals surface area contributed by atoms with Crippen molar-refractivity contribution >= 4 is 17.5 Å². The summed E-state index contributed by atoms with van der Waals surface area (Å²) in [7, 11) is 0. The van der Waals surface area contributed by atoms with Crippen LogP contribution in [0.3, 0.4) is 0 Å². The fourth-order valence-electron chi connectivity index (χ4n) is 3.37. The van der Waals surface area contributed by atoms with E-state index in [1.807, 2.05) is 19.2 Å². The SMILES string of the molecule is CC[C@@H](CO)Nc1nc(NCc2ccc(-c3ccoc3)cc2)n2ncc(C(C)C)c2n1. The van der Waals surface area contributed by atoms with Crippen molar-refractivity contribution in [1.29, 1.82) is 0 Å². The molecule has 4 rings (SSSR count). The molecule has 162 valence electrons. The molecule has 0 aliphatic heterocycles. The zero-order valence-electron chi connectivity index (χ0n) is 18.0. The van der Waals surface area contributed by atoms with E-state index in [0.717, 1.165) is 34.3 Å². The fraction of sp³-hybridized carbons (Fsp3) is 0.348. The number of rotatable bonds is 9. The maximum atomic E-state index is 9.56. The molecule has 0 radical (unpaired) electrons. The molecule has 31 heavy (non-hydrogen) atoms. The number of hydrogen-bond acceptors (Lipinski definition) is 7. The van der Waals surface area contributed by atoms with Crippen LogP contribution in [0.5, 0.6) is 0 Å². The first kappa shape index (κ1) is 20.9. The molecular weight excluding hydrogens is 392 g/mol. The number of aromatic nitrogens is 4. The van der Waals surface area contributed by atoms with Crippen molar-refractivity contribution < 1.29 is 9.52 Å². The average molecular weight is 421 g/mol. The van der Waals surface area contributed by atoms with E-state index in [0.29, 0.717) is 18.4 Å². The largest absolute Gasteiger partial charge is 0.472 e. The van der Waals surface area contributed by atoms with Crippen LogP contribution in [0, 0.1) is 0 Å². The molecule has 3 aromatic heterocycles. The van der Waals surface area contributed by atoms with Crippen molar-refractivity contribution in [3.05, 3.63) is 60.2 Å². The van der Waals surface area contributed by atoms with Gasteiger partial charge in [-0.2, -0.15) is 19.6 Å². The van der Waals surface area contributed by atoms with Gasteiger partial charge in [0.1, 0.15) is 0 Å². The van der Waals surface area contributed by atoms with Crippen molar-refractivity contribution in [1.82, 2.24) is 19.6 Å². The number of aliphatic hydroxyl groups excluding tert-OH is 1. The number of benzene rings is 1. The van der Waals surface area contributed by atoms with Crippen molar-refractivity contribution in [2.75, 3.05) is 17.2 Å². The van der Waals surface area contributed by atoms with E-state index in [9.17, 15) is 5.11 Å². The van der Waals surface area contributed by atoms with Crippen LogP contribution in [0.4, 0.5) is 11.9 Å². The lowest BCUT2D eigenvalue weighted by molar-refractivity contribution is 0.271. The van der Waals surface area contributed by atoms with Gasteiger partial charge in [0.15, 0.2) is 5.65 Å². The van der Waals surface area contributed by atoms with Gasteiger partial charge in [0.05, 0.1) is 31.4 Å². The highest BCUT2D eigenvalue weighted by atomic mass is 16.3. The monoisotopic (exact) mass is 420 g/mol. The number of nitrogens with zero attached hydrogens (tertiary/aromatic N) is 4. The standard InChI is InChI=1S/C23H28N6O2/c1-4-19(13-30)26-22-27-21-20(15(2)3)12-25-29(21)23(28-22)24-11-16-5-7-17(8-6-16)18-9-10-31-14-18/h5-10,12,14-15,19,30H,4,11,13H2,1-3H3,(H2,24,26,27,28)/t19-/m0/s1. The molecule has 3 heterocycles. The van der Waals surface area contributed by atoms with Gasteiger partial charge in [0, 0.05) is 17.7 Å². The van der Waals surface area contributed by atoms with Crippen LogP contribution in [0.25, 0.3) is 16.8 Å². The van der Waals surface area contributed by atoms with Gasteiger partial charge >= 0.3 is 0 Å². The van der Waals surface area contributed by atoms with Gasteiger partial charge in [0.25, 0.3) is 0 Å².